The van der Waals surface area contributed by atoms with Crippen LogP contribution in [0.1, 0.15) is 18.4 Å². The number of urea groups is 1. The highest BCUT2D eigenvalue weighted by Gasteiger charge is 2.21. The first-order chi connectivity index (χ1) is 18.1. The number of ether oxygens (including phenoxy) is 3. The number of nitrogens with zero attached hydrogens (tertiary/aromatic N) is 3. The van der Waals surface area contributed by atoms with Crippen LogP contribution in [-0.4, -0.2) is 49.5 Å². The van der Waals surface area contributed by atoms with Gasteiger partial charge >= 0.3 is 6.03 Å². The van der Waals surface area contributed by atoms with Crippen LogP contribution in [0.3, 0.4) is 0 Å². The zero-order valence-corrected chi connectivity index (χ0v) is 22.6. The highest BCUT2D eigenvalue weighted by atomic mass is 28.3. The highest BCUT2D eigenvalue weighted by molar-refractivity contribution is 6.76. The summed E-state index contributed by atoms with van der Waals surface area (Å²) in [6.07, 6.45) is 4.73. The second-order valence-electron chi connectivity index (χ2n) is 10.3. The molecule has 0 bridgehead atoms. The maximum Gasteiger partial charge on any atom is 0.319 e. The molecular formula is C26H31F2N5O4Si. The highest BCUT2D eigenvalue weighted by Crippen LogP contribution is 2.35. The number of aromatic nitrogens is 2. The monoisotopic (exact) mass is 543 g/mol. The van der Waals surface area contributed by atoms with Crippen molar-refractivity contribution in [2.75, 3.05) is 25.1 Å². The Labute approximate surface area is 220 Å². The Balaban J connectivity index is 1.49. The van der Waals surface area contributed by atoms with Gasteiger partial charge in [-0.15, -0.1) is 0 Å². The lowest BCUT2D eigenvalue weighted by Gasteiger charge is -2.15. The van der Waals surface area contributed by atoms with Crippen molar-refractivity contribution >= 4 is 30.8 Å². The van der Waals surface area contributed by atoms with Crippen LogP contribution in [0.25, 0.3) is 11.0 Å². The third-order valence-corrected chi connectivity index (χ3v) is 7.75. The summed E-state index contributed by atoms with van der Waals surface area (Å²) in [4.78, 5) is 16.5. The van der Waals surface area contributed by atoms with Crippen LogP contribution in [-0.2, 0) is 16.2 Å². The van der Waals surface area contributed by atoms with E-state index < -0.39 is 31.5 Å². The van der Waals surface area contributed by atoms with Crippen LogP contribution in [0, 0.1) is 23.0 Å². The van der Waals surface area contributed by atoms with E-state index in [4.69, 9.17) is 14.2 Å². The number of carbonyl (C=O) groups excluding carboxylic acids is 1. The molecule has 1 aliphatic heterocycles. The van der Waals surface area contributed by atoms with Crippen molar-refractivity contribution in [2.45, 2.75) is 51.4 Å². The van der Waals surface area contributed by atoms with E-state index in [9.17, 15) is 18.8 Å². The number of nitrogens with one attached hydrogen (secondary N) is 2. The molecule has 202 valence electrons. The molecule has 0 saturated carbocycles. The van der Waals surface area contributed by atoms with Gasteiger partial charge in [-0.25, -0.2) is 18.6 Å². The molecule has 3 heterocycles. The quantitative estimate of drug-likeness (QED) is 0.255. The van der Waals surface area contributed by atoms with Gasteiger partial charge in [0.15, 0.2) is 17.4 Å². The van der Waals surface area contributed by atoms with Crippen LogP contribution in [0.4, 0.5) is 19.3 Å². The lowest BCUT2D eigenvalue weighted by atomic mass is 10.2. The standard InChI is InChI=1S/C26H31F2N5O4Si/c1-38(2,3)10-9-35-16-33-15-17(13-29)23-22(6-7-30-25(23)33)37-24-20(27)11-18(12-21(24)28)32-26(34)31-14-19-5-4-8-36-19/h6-7,11-12,15,19H,4-5,8-10,14,16H2,1-3H3,(H2,31,32,34). The SMILES string of the molecule is C[Si](C)(C)CCOCn1cc(C#N)c2c(Oc3c(F)cc(NC(=O)NCC4CCCO4)cc3F)ccnc21. The van der Waals surface area contributed by atoms with Gasteiger partial charge in [0.1, 0.15) is 24.2 Å². The van der Waals surface area contributed by atoms with Gasteiger partial charge in [0, 0.05) is 58.0 Å². The van der Waals surface area contributed by atoms with Gasteiger partial charge in [-0.1, -0.05) is 19.6 Å². The van der Waals surface area contributed by atoms with E-state index in [1.165, 1.54) is 12.3 Å². The largest absolute Gasteiger partial charge is 0.450 e. The minimum absolute atomic E-state index is 0.0629. The van der Waals surface area contributed by atoms with E-state index in [0.29, 0.717) is 30.8 Å². The third kappa shape index (κ3) is 6.86. The first kappa shape index (κ1) is 27.5. The number of nitriles is 1. The first-order valence-electron chi connectivity index (χ1n) is 12.4. The van der Waals surface area contributed by atoms with Crippen LogP contribution >= 0.6 is 0 Å². The summed E-state index contributed by atoms with van der Waals surface area (Å²) < 4.78 is 48.3. The lowest BCUT2D eigenvalue weighted by Crippen LogP contribution is -2.35. The second-order valence-corrected chi connectivity index (χ2v) is 15.9. The first-order valence-corrected chi connectivity index (χ1v) is 16.1. The van der Waals surface area contributed by atoms with E-state index in [1.54, 1.807) is 10.8 Å². The van der Waals surface area contributed by atoms with Crippen molar-refractivity contribution in [3.05, 3.63) is 47.8 Å². The molecule has 12 heteroatoms. The summed E-state index contributed by atoms with van der Waals surface area (Å²) in [7, 11) is -1.26. The van der Waals surface area contributed by atoms with Gasteiger partial charge in [0.05, 0.1) is 17.1 Å². The molecule has 38 heavy (non-hydrogen) atoms. The van der Waals surface area contributed by atoms with Crippen molar-refractivity contribution in [3.8, 4) is 17.6 Å². The maximum absolute atomic E-state index is 14.9. The molecule has 1 fully saturated rings. The summed E-state index contributed by atoms with van der Waals surface area (Å²) in [5.41, 5.74) is 0.560. The minimum Gasteiger partial charge on any atom is -0.450 e. The molecule has 9 nitrogen and oxygen atoms in total. The third-order valence-electron chi connectivity index (χ3n) is 6.05. The number of benzene rings is 1. The Morgan fingerprint density at radius 3 is 2.74 bits per heavy atom. The Morgan fingerprint density at radius 1 is 1.32 bits per heavy atom. The van der Waals surface area contributed by atoms with Gasteiger partial charge in [-0.3, -0.25) is 0 Å². The second kappa shape index (κ2) is 11.9. The molecule has 2 amide bonds. The van der Waals surface area contributed by atoms with Gasteiger partial charge < -0.3 is 29.4 Å². The zero-order chi connectivity index (χ0) is 27.3. The number of anilines is 1. The molecule has 2 aromatic heterocycles. The Morgan fingerprint density at radius 2 is 2.08 bits per heavy atom. The number of hydrogen-bond donors (Lipinski definition) is 2. The summed E-state index contributed by atoms with van der Waals surface area (Å²) in [5, 5.41) is 15.0. The van der Waals surface area contributed by atoms with Crippen molar-refractivity contribution in [3.63, 3.8) is 0 Å². The Bertz CT molecular complexity index is 1320. The minimum atomic E-state index is -1.26. The van der Waals surface area contributed by atoms with Gasteiger partial charge in [-0.2, -0.15) is 5.26 Å². The van der Waals surface area contributed by atoms with Crippen molar-refractivity contribution < 1.29 is 27.8 Å². The number of carbonyl (C=O) groups is 1. The molecule has 2 N–H and O–H groups in total. The average Bonchev–Trinajstić information content (AvgIpc) is 3.50. The topological polar surface area (TPSA) is 110 Å². The number of fused-ring (bicyclic) bond motifs is 1. The summed E-state index contributed by atoms with van der Waals surface area (Å²) in [6.45, 7) is 8.48. The van der Waals surface area contributed by atoms with Crippen molar-refractivity contribution in [1.82, 2.24) is 14.9 Å². The predicted molar refractivity (Wildman–Crippen MR) is 141 cm³/mol. The van der Waals surface area contributed by atoms with E-state index >= 15 is 0 Å². The van der Waals surface area contributed by atoms with Crippen LogP contribution in [0.2, 0.25) is 25.7 Å². The van der Waals surface area contributed by atoms with E-state index in [-0.39, 0.29) is 29.8 Å². The van der Waals surface area contributed by atoms with Gasteiger partial charge in [0.25, 0.3) is 0 Å². The molecule has 1 unspecified atom stereocenters. The summed E-state index contributed by atoms with van der Waals surface area (Å²) in [5.74, 6) is -2.62. The van der Waals surface area contributed by atoms with Crippen molar-refractivity contribution in [1.29, 1.82) is 5.26 Å². The molecule has 1 atom stereocenters. The number of hydrogen-bond acceptors (Lipinski definition) is 6. The molecule has 0 spiro atoms. The Kier molecular flexibility index (Phi) is 8.61. The normalized spacial score (nSPS) is 15.4. The maximum atomic E-state index is 14.9. The average molecular weight is 544 g/mol. The van der Waals surface area contributed by atoms with E-state index in [2.05, 4.69) is 41.3 Å². The molecule has 0 aliphatic carbocycles. The zero-order valence-electron chi connectivity index (χ0n) is 21.6. The molecular weight excluding hydrogens is 512 g/mol. The molecule has 0 radical (unpaired) electrons. The fourth-order valence-corrected chi connectivity index (χ4v) is 4.78. The fraction of sp³-hybridized carbons (Fsp3) is 0.423. The lowest BCUT2D eigenvalue weighted by molar-refractivity contribution is 0.0898. The van der Waals surface area contributed by atoms with Gasteiger partial charge in [0.2, 0.25) is 0 Å². The predicted octanol–water partition coefficient (Wildman–Crippen LogP) is 5.59. The van der Waals surface area contributed by atoms with Crippen molar-refractivity contribution in [2.24, 2.45) is 0 Å². The van der Waals surface area contributed by atoms with E-state index in [1.807, 2.05) is 0 Å². The summed E-state index contributed by atoms with van der Waals surface area (Å²) >= 11 is 0. The number of rotatable bonds is 10. The molecule has 1 saturated heterocycles. The number of halogens is 2. The van der Waals surface area contributed by atoms with Crippen LogP contribution in [0.15, 0.2) is 30.6 Å². The number of amides is 2. The van der Waals surface area contributed by atoms with Gasteiger partial charge in [-0.05, 0) is 25.0 Å². The Hall–Kier alpha value is -3.53. The van der Waals surface area contributed by atoms with Crippen LogP contribution in [0.5, 0.6) is 11.5 Å². The molecule has 1 aromatic carbocycles. The smallest absolute Gasteiger partial charge is 0.319 e. The van der Waals surface area contributed by atoms with E-state index in [0.717, 1.165) is 31.0 Å². The molecule has 4 rings (SSSR count). The molecule has 1 aliphatic rings. The van der Waals surface area contributed by atoms with Crippen LogP contribution < -0.4 is 15.4 Å². The number of pyridine rings is 1. The summed E-state index contributed by atoms with van der Waals surface area (Å²) in [6, 6.07) is 5.83. The fourth-order valence-electron chi connectivity index (χ4n) is 4.02. The molecule has 3 aromatic rings.